The largest absolute Gasteiger partial charge is 0.497 e. The fourth-order valence-corrected chi connectivity index (χ4v) is 4.91. The number of carbonyl (C=O) groups is 1. The van der Waals surface area contributed by atoms with Gasteiger partial charge in [-0.25, -0.2) is 9.78 Å². The smallest absolute Gasteiger partial charge is 0.342 e. The molecule has 0 aliphatic carbocycles. The van der Waals surface area contributed by atoms with Gasteiger partial charge in [0, 0.05) is 40.8 Å². The first-order valence-corrected chi connectivity index (χ1v) is 12.6. The molecule has 0 aliphatic rings. The summed E-state index contributed by atoms with van der Waals surface area (Å²) in [5.41, 5.74) is 3.83. The van der Waals surface area contributed by atoms with Crippen LogP contribution in [0.3, 0.4) is 0 Å². The van der Waals surface area contributed by atoms with Gasteiger partial charge in [0.1, 0.15) is 16.4 Å². The standard InChI is InChI=1S/C29H23N5O4S/c1-37-22-11-20(12-23(14-22)38-2)27-31-29(33-32-27)39-26(28(35)36)13-21-17-34(25-10-6-5-9-24(21)25)16-19-8-4-3-7-18(19)15-30/h3-14,17H,16H2,1-2H3,(H,35,36)(H,31,32,33)/b26-13-. The first-order valence-electron chi connectivity index (χ1n) is 11.8. The summed E-state index contributed by atoms with van der Waals surface area (Å²) >= 11 is 0.948. The SMILES string of the molecule is COc1cc(OC)cc(-c2nc(S/C(=C\c3cn(Cc4ccccc4C#N)c4ccccc34)C(=O)O)n[nH]2)c1. The van der Waals surface area contributed by atoms with Crippen LogP contribution in [-0.4, -0.2) is 45.0 Å². The Morgan fingerprint density at radius 1 is 1.10 bits per heavy atom. The van der Waals surface area contributed by atoms with Gasteiger partial charge < -0.3 is 19.1 Å². The number of carboxylic acids is 1. The summed E-state index contributed by atoms with van der Waals surface area (Å²) in [5.74, 6) is 0.540. The van der Waals surface area contributed by atoms with Gasteiger partial charge in [-0.1, -0.05) is 36.4 Å². The second-order valence-electron chi connectivity index (χ2n) is 8.48. The molecule has 0 amide bonds. The van der Waals surface area contributed by atoms with Crippen molar-refractivity contribution in [2.75, 3.05) is 14.2 Å². The van der Waals surface area contributed by atoms with Crippen molar-refractivity contribution in [3.05, 3.63) is 94.5 Å². The van der Waals surface area contributed by atoms with E-state index in [0.29, 0.717) is 35.0 Å². The van der Waals surface area contributed by atoms with Crippen LogP contribution in [0.4, 0.5) is 0 Å². The van der Waals surface area contributed by atoms with Gasteiger partial charge in [0.05, 0.1) is 25.9 Å². The highest BCUT2D eigenvalue weighted by atomic mass is 32.2. The Morgan fingerprint density at radius 3 is 2.54 bits per heavy atom. The number of H-pyrrole nitrogens is 1. The lowest BCUT2D eigenvalue weighted by molar-refractivity contribution is -0.131. The molecule has 10 heteroatoms. The maximum Gasteiger partial charge on any atom is 0.342 e. The molecule has 39 heavy (non-hydrogen) atoms. The molecule has 0 saturated carbocycles. The molecule has 0 unspecified atom stereocenters. The van der Waals surface area contributed by atoms with E-state index in [1.165, 1.54) is 0 Å². The third kappa shape index (κ3) is 5.49. The summed E-state index contributed by atoms with van der Waals surface area (Å²) < 4.78 is 12.7. The molecular formula is C29H23N5O4S. The molecule has 5 aromatic rings. The normalized spacial score (nSPS) is 11.4. The number of para-hydroxylation sites is 1. The highest BCUT2D eigenvalue weighted by Crippen LogP contribution is 2.32. The van der Waals surface area contributed by atoms with E-state index < -0.39 is 5.97 Å². The van der Waals surface area contributed by atoms with Gasteiger partial charge in [-0.2, -0.15) is 5.26 Å². The van der Waals surface area contributed by atoms with Crippen LogP contribution in [0.25, 0.3) is 28.4 Å². The van der Waals surface area contributed by atoms with E-state index in [1.54, 1.807) is 44.6 Å². The van der Waals surface area contributed by atoms with E-state index in [-0.39, 0.29) is 10.1 Å². The zero-order chi connectivity index (χ0) is 27.4. The van der Waals surface area contributed by atoms with Crippen LogP contribution in [0.5, 0.6) is 11.5 Å². The van der Waals surface area contributed by atoms with Crippen LogP contribution in [0.1, 0.15) is 16.7 Å². The average molecular weight is 538 g/mol. The summed E-state index contributed by atoms with van der Waals surface area (Å²) in [5, 5.41) is 27.7. The number of nitrogens with one attached hydrogen (secondary N) is 1. The Bertz CT molecular complexity index is 1730. The maximum absolute atomic E-state index is 12.2. The minimum atomic E-state index is -1.10. The number of nitrogens with zero attached hydrogens (tertiary/aromatic N) is 4. The highest BCUT2D eigenvalue weighted by molar-refractivity contribution is 8.04. The zero-order valence-corrected chi connectivity index (χ0v) is 21.9. The second kappa shape index (κ2) is 11.2. The minimum Gasteiger partial charge on any atom is -0.497 e. The fourth-order valence-electron chi connectivity index (χ4n) is 4.21. The molecule has 2 N–H and O–H groups in total. The van der Waals surface area contributed by atoms with Crippen molar-refractivity contribution in [2.24, 2.45) is 0 Å². The van der Waals surface area contributed by atoms with Gasteiger partial charge in [0.2, 0.25) is 5.16 Å². The molecule has 2 heterocycles. The highest BCUT2D eigenvalue weighted by Gasteiger charge is 2.17. The van der Waals surface area contributed by atoms with Crippen molar-refractivity contribution < 1.29 is 19.4 Å². The van der Waals surface area contributed by atoms with Crippen molar-refractivity contribution in [1.82, 2.24) is 19.7 Å². The van der Waals surface area contributed by atoms with Crippen LogP contribution in [-0.2, 0) is 11.3 Å². The van der Waals surface area contributed by atoms with Crippen molar-refractivity contribution in [3.8, 4) is 29.0 Å². The Hall–Kier alpha value is -5.01. The molecule has 5 rings (SSSR count). The number of fused-ring (bicyclic) bond motifs is 1. The van der Waals surface area contributed by atoms with Crippen molar-refractivity contribution >= 4 is 34.7 Å². The molecule has 0 fully saturated rings. The molecule has 2 aromatic heterocycles. The van der Waals surface area contributed by atoms with Crippen LogP contribution < -0.4 is 9.47 Å². The van der Waals surface area contributed by atoms with Crippen LogP contribution in [0, 0.1) is 11.3 Å². The molecule has 194 valence electrons. The summed E-state index contributed by atoms with van der Waals surface area (Å²) in [6.07, 6.45) is 3.51. The number of aromatic nitrogens is 4. The summed E-state index contributed by atoms with van der Waals surface area (Å²) in [7, 11) is 3.12. The lowest BCUT2D eigenvalue weighted by atomic mass is 10.1. The lowest BCUT2D eigenvalue weighted by Crippen LogP contribution is -2.00. The second-order valence-corrected chi connectivity index (χ2v) is 9.49. The number of benzene rings is 3. The molecule has 0 radical (unpaired) electrons. The Morgan fingerprint density at radius 2 is 1.82 bits per heavy atom. The number of hydrogen-bond donors (Lipinski definition) is 2. The van der Waals surface area contributed by atoms with Gasteiger partial charge in [-0.3, -0.25) is 5.10 Å². The van der Waals surface area contributed by atoms with Crippen LogP contribution in [0.2, 0.25) is 0 Å². The van der Waals surface area contributed by atoms with Crippen molar-refractivity contribution in [2.45, 2.75) is 11.7 Å². The molecule has 9 nitrogen and oxygen atoms in total. The molecule has 0 atom stereocenters. The van der Waals surface area contributed by atoms with E-state index in [9.17, 15) is 15.2 Å². The number of nitriles is 1. The summed E-state index contributed by atoms with van der Waals surface area (Å²) in [6, 6.07) is 22.7. The van der Waals surface area contributed by atoms with Crippen molar-refractivity contribution in [3.63, 3.8) is 0 Å². The Kier molecular flexibility index (Phi) is 7.34. The third-order valence-corrected chi connectivity index (χ3v) is 6.96. The monoisotopic (exact) mass is 537 g/mol. The van der Waals surface area contributed by atoms with Gasteiger partial charge in [0.25, 0.3) is 0 Å². The molecular weight excluding hydrogens is 514 g/mol. The number of ether oxygens (including phenoxy) is 2. The molecule has 0 aliphatic heterocycles. The lowest BCUT2D eigenvalue weighted by Gasteiger charge is -2.07. The molecule has 0 spiro atoms. The van der Waals surface area contributed by atoms with Crippen LogP contribution in [0.15, 0.2) is 83.0 Å². The first kappa shape index (κ1) is 25.6. The molecule has 0 bridgehead atoms. The number of methoxy groups -OCH3 is 2. The van der Waals surface area contributed by atoms with E-state index in [1.807, 2.05) is 53.2 Å². The maximum atomic E-state index is 12.2. The molecule has 3 aromatic carbocycles. The molecule has 0 saturated heterocycles. The number of carboxylic acid groups (broad SMARTS) is 1. The summed E-state index contributed by atoms with van der Waals surface area (Å²) in [4.78, 5) is 16.8. The predicted molar refractivity (Wildman–Crippen MR) is 149 cm³/mol. The topological polar surface area (TPSA) is 126 Å². The Balaban J connectivity index is 1.48. The first-order chi connectivity index (χ1) is 19.0. The number of hydrogen-bond acceptors (Lipinski definition) is 7. The number of rotatable bonds is 9. The Labute approximate surface area is 228 Å². The van der Waals surface area contributed by atoms with Crippen molar-refractivity contribution in [1.29, 1.82) is 5.26 Å². The minimum absolute atomic E-state index is 0.0594. The average Bonchev–Trinajstić information content (AvgIpc) is 3.57. The summed E-state index contributed by atoms with van der Waals surface area (Å²) in [6.45, 7) is 0.474. The number of thioether (sulfide) groups is 1. The van der Waals surface area contributed by atoms with E-state index in [2.05, 4.69) is 21.3 Å². The number of aromatic amines is 1. The van der Waals surface area contributed by atoms with Gasteiger partial charge in [-0.15, -0.1) is 5.10 Å². The van der Waals surface area contributed by atoms with Gasteiger partial charge >= 0.3 is 5.97 Å². The third-order valence-electron chi connectivity index (χ3n) is 6.09. The predicted octanol–water partition coefficient (Wildman–Crippen LogP) is 5.58. The zero-order valence-electron chi connectivity index (χ0n) is 21.1. The quantitative estimate of drug-likeness (QED) is 0.184. The van der Waals surface area contributed by atoms with E-state index in [0.717, 1.165) is 33.8 Å². The van der Waals surface area contributed by atoms with E-state index >= 15 is 0 Å². The fraction of sp³-hybridized carbons (Fsp3) is 0.103. The van der Waals surface area contributed by atoms with Gasteiger partial charge in [0.15, 0.2) is 5.82 Å². The van der Waals surface area contributed by atoms with E-state index in [4.69, 9.17) is 9.47 Å². The van der Waals surface area contributed by atoms with Gasteiger partial charge in [-0.05, 0) is 47.7 Å². The van der Waals surface area contributed by atoms with Crippen LogP contribution >= 0.6 is 11.8 Å². The number of aliphatic carboxylic acids is 1.